The summed E-state index contributed by atoms with van der Waals surface area (Å²) < 4.78 is 0. The minimum atomic E-state index is -0.249. The summed E-state index contributed by atoms with van der Waals surface area (Å²) in [5, 5.41) is 6.48. The van der Waals surface area contributed by atoms with E-state index < -0.39 is 0 Å². The molecule has 2 aromatic heterocycles. The van der Waals surface area contributed by atoms with Crippen molar-refractivity contribution in [3.05, 3.63) is 53.5 Å². The first kappa shape index (κ1) is 22.4. The van der Waals surface area contributed by atoms with Crippen LogP contribution in [0.25, 0.3) is 0 Å². The van der Waals surface area contributed by atoms with Crippen molar-refractivity contribution in [2.45, 2.75) is 51.5 Å². The molecule has 1 fully saturated rings. The van der Waals surface area contributed by atoms with Crippen molar-refractivity contribution in [1.82, 2.24) is 20.2 Å². The summed E-state index contributed by atoms with van der Waals surface area (Å²) in [4.78, 5) is 35.9. The maximum absolute atomic E-state index is 12.7. The van der Waals surface area contributed by atoms with Crippen LogP contribution in [0.5, 0.6) is 0 Å². The minimum Gasteiger partial charge on any atom is -0.370 e. The molecular weight excluding hydrogens is 402 g/mol. The molecule has 7 heteroatoms. The number of aromatic nitrogens is 2. The van der Waals surface area contributed by atoms with Gasteiger partial charge in [0.2, 0.25) is 5.91 Å². The fraction of sp³-hybridized carbons (Fsp3) is 0.520. The fourth-order valence-corrected chi connectivity index (χ4v) is 4.80. The van der Waals surface area contributed by atoms with E-state index in [2.05, 4.69) is 32.7 Å². The van der Waals surface area contributed by atoms with E-state index in [1.54, 1.807) is 19.3 Å². The molecule has 2 aliphatic heterocycles. The average molecular weight is 436 g/mol. The molecule has 2 aromatic rings. The second-order valence-corrected chi connectivity index (χ2v) is 8.84. The van der Waals surface area contributed by atoms with Crippen LogP contribution in [0.3, 0.4) is 0 Å². The number of pyridine rings is 2. The molecule has 2 N–H and O–H groups in total. The summed E-state index contributed by atoms with van der Waals surface area (Å²) in [6, 6.07) is 7.84. The Hall–Kier alpha value is -2.80. The molecule has 1 amide bonds. The third-order valence-electron chi connectivity index (χ3n) is 6.53. The summed E-state index contributed by atoms with van der Waals surface area (Å²) in [5.41, 5.74) is 3.35. The van der Waals surface area contributed by atoms with E-state index in [0.717, 1.165) is 75.2 Å². The standard InChI is InChI=1S/C25H33N5O2/c1-18(31)23(19-8-14-26-15-9-19)30-16-10-21(11-17-30)25(32)28-13-3-5-22-7-6-20-4-2-12-27-24(20)29-22/h6-9,14-15,21,23H,2-5,10-13,16-17H2,1H3,(H,27,29)(H,28,32). The van der Waals surface area contributed by atoms with E-state index in [0.29, 0.717) is 6.54 Å². The number of fused-ring (bicyclic) bond motifs is 1. The van der Waals surface area contributed by atoms with Crippen molar-refractivity contribution in [3.63, 3.8) is 0 Å². The van der Waals surface area contributed by atoms with E-state index in [-0.39, 0.29) is 23.7 Å². The van der Waals surface area contributed by atoms with Gasteiger partial charge >= 0.3 is 0 Å². The van der Waals surface area contributed by atoms with Gasteiger partial charge in [0.1, 0.15) is 5.82 Å². The number of hydrogen-bond donors (Lipinski definition) is 2. The Kier molecular flexibility index (Phi) is 7.47. The quantitative estimate of drug-likeness (QED) is 0.620. The number of hydrogen-bond acceptors (Lipinski definition) is 6. The van der Waals surface area contributed by atoms with E-state index in [4.69, 9.17) is 4.98 Å². The molecule has 2 aliphatic rings. The lowest BCUT2D eigenvalue weighted by molar-refractivity contribution is -0.127. The van der Waals surface area contributed by atoms with Crippen molar-refractivity contribution in [3.8, 4) is 0 Å². The zero-order valence-corrected chi connectivity index (χ0v) is 18.8. The summed E-state index contributed by atoms with van der Waals surface area (Å²) in [6.45, 7) is 4.79. The highest BCUT2D eigenvalue weighted by molar-refractivity contribution is 5.83. The molecule has 170 valence electrons. The predicted octanol–water partition coefficient (Wildman–Crippen LogP) is 2.93. The van der Waals surface area contributed by atoms with Crippen molar-refractivity contribution in [2.24, 2.45) is 5.92 Å². The summed E-state index contributed by atoms with van der Waals surface area (Å²) >= 11 is 0. The number of anilines is 1. The minimum absolute atomic E-state index is 0.0161. The second kappa shape index (κ2) is 10.7. The number of nitrogens with zero attached hydrogens (tertiary/aromatic N) is 3. The lowest BCUT2D eigenvalue weighted by Crippen LogP contribution is -2.43. The molecule has 32 heavy (non-hydrogen) atoms. The van der Waals surface area contributed by atoms with E-state index in [9.17, 15) is 9.59 Å². The third-order valence-corrected chi connectivity index (χ3v) is 6.53. The number of amides is 1. The number of ketones is 1. The number of piperidine rings is 1. The third kappa shape index (κ3) is 5.51. The van der Waals surface area contributed by atoms with Crippen LogP contribution in [0.15, 0.2) is 36.7 Å². The van der Waals surface area contributed by atoms with Crippen molar-refractivity contribution < 1.29 is 9.59 Å². The van der Waals surface area contributed by atoms with Gasteiger partial charge in [-0.3, -0.25) is 19.5 Å². The number of carbonyl (C=O) groups excluding carboxylic acids is 2. The number of aryl methyl sites for hydroxylation is 2. The number of nitrogens with one attached hydrogen (secondary N) is 2. The number of rotatable bonds is 8. The largest absolute Gasteiger partial charge is 0.370 e. The Morgan fingerprint density at radius 3 is 2.72 bits per heavy atom. The predicted molar refractivity (Wildman–Crippen MR) is 124 cm³/mol. The molecule has 0 saturated carbocycles. The van der Waals surface area contributed by atoms with Gasteiger partial charge in [0.05, 0.1) is 6.04 Å². The molecule has 7 nitrogen and oxygen atoms in total. The molecule has 0 radical (unpaired) electrons. The molecule has 1 atom stereocenters. The van der Waals surface area contributed by atoms with Crippen LogP contribution < -0.4 is 10.6 Å². The first-order valence-corrected chi connectivity index (χ1v) is 11.8. The molecule has 4 heterocycles. The summed E-state index contributed by atoms with van der Waals surface area (Å²) in [5.74, 6) is 1.31. The van der Waals surface area contributed by atoms with Gasteiger partial charge in [-0.05, 0) is 87.9 Å². The SMILES string of the molecule is CC(=O)C(c1ccncc1)N1CCC(C(=O)NCCCc2ccc3c(n2)NCCC3)CC1. The van der Waals surface area contributed by atoms with Gasteiger partial charge in [-0.15, -0.1) is 0 Å². The zero-order chi connectivity index (χ0) is 22.3. The maximum Gasteiger partial charge on any atom is 0.223 e. The van der Waals surface area contributed by atoms with E-state index in [1.165, 1.54) is 5.56 Å². The van der Waals surface area contributed by atoms with Gasteiger partial charge in [-0.1, -0.05) is 6.07 Å². The first-order chi connectivity index (χ1) is 15.6. The Balaban J connectivity index is 1.20. The van der Waals surface area contributed by atoms with Crippen molar-refractivity contribution >= 4 is 17.5 Å². The molecule has 0 aromatic carbocycles. The highest BCUT2D eigenvalue weighted by Gasteiger charge is 2.31. The van der Waals surface area contributed by atoms with Gasteiger partial charge in [-0.2, -0.15) is 0 Å². The monoisotopic (exact) mass is 435 g/mol. The van der Waals surface area contributed by atoms with Crippen LogP contribution >= 0.6 is 0 Å². The smallest absolute Gasteiger partial charge is 0.223 e. The molecule has 0 aliphatic carbocycles. The molecule has 0 bridgehead atoms. The van der Waals surface area contributed by atoms with Gasteiger partial charge < -0.3 is 10.6 Å². The summed E-state index contributed by atoms with van der Waals surface area (Å²) in [7, 11) is 0. The highest BCUT2D eigenvalue weighted by Crippen LogP contribution is 2.27. The number of carbonyl (C=O) groups is 2. The van der Waals surface area contributed by atoms with E-state index >= 15 is 0 Å². The molecule has 1 saturated heterocycles. The van der Waals surface area contributed by atoms with Gasteiger partial charge in [0, 0.05) is 37.1 Å². The van der Waals surface area contributed by atoms with Gasteiger partial charge in [0.15, 0.2) is 5.78 Å². The van der Waals surface area contributed by atoms with Crippen LogP contribution in [-0.2, 0) is 22.4 Å². The van der Waals surface area contributed by atoms with Crippen LogP contribution in [0, 0.1) is 5.92 Å². The first-order valence-electron chi connectivity index (χ1n) is 11.8. The highest BCUT2D eigenvalue weighted by atomic mass is 16.2. The lowest BCUT2D eigenvalue weighted by Gasteiger charge is -2.36. The normalized spacial score (nSPS) is 17.8. The van der Waals surface area contributed by atoms with Gasteiger partial charge in [0.25, 0.3) is 0 Å². The Morgan fingerprint density at radius 1 is 1.19 bits per heavy atom. The van der Waals surface area contributed by atoms with Crippen molar-refractivity contribution in [2.75, 3.05) is 31.5 Å². The summed E-state index contributed by atoms with van der Waals surface area (Å²) in [6.07, 6.45) is 9.00. The number of Topliss-reactive ketones (excluding diaryl/α,β-unsaturated/α-hetero) is 1. The second-order valence-electron chi connectivity index (χ2n) is 8.84. The van der Waals surface area contributed by atoms with Crippen LogP contribution in [0.4, 0.5) is 5.82 Å². The van der Waals surface area contributed by atoms with Crippen molar-refractivity contribution in [1.29, 1.82) is 0 Å². The van der Waals surface area contributed by atoms with E-state index in [1.807, 2.05) is 12.1 Å². The molecular formula is C25H33N5O2. The van der Waals surface area contributed by atoms with Gasteiger partial charge in [-0.25, -0.2) is 4.98 Å². The lowest BCUT2D eigenvalue weighted by atomic mass is 9.92. The molecule has 4 rings (SSSR count). The van der Waals surface area contributed by atoms with Crippen LogP contribution in [0.2, 0.25) is 0 Å². The maximum atomic E-state index is 12.7. The zero-order valence-electron chi connectivity index (χ0n) is 18.8. The fourth-order valence-electron chi connectivity index (χ4n) is 4.80. The molecule has 0 spiro atoms. The average Bonchev–Trinajstić information content (AvgIpc) is 2.82. The Morgan fingerprint density at radius 2 is 1.97 bits per heavy atom. The van der Waals surface area contributed by atoms with Crippen LogP contribution in [0.1, 0.15) is 55.5 Å². The van der Waals surface area contributed by atoms with Crippen LogP contribution in [-0.4, -0.2) is 52.7 Å². The topological polar surface area (TPSA) is 87.2 Å². The molecule has 1 unspecified atom stereocenters. The Labute approximate surface area is 190 Å². The number of likely N-dealkylation sites (tertiary alicyclic amines) is 1. The Bertz CT molecular complexity index is 925.